The second kappa shape index (κ2) is 6.34. The summed E-state index contributed by atoms with van der Waals surface area (Å²) in [5, 5.41) is 15.3. The lowest BCUT2D eigenvalue weighted by atomic mass is 9.88. The van der Waals surface area contributed by atoms with Crippen molar-refractivity contribution in [3.8, 4) is 6.07 Å². The van der Waals surface area contributed by atoms with Gasteiger partial charge in [0, 0.05) is 10.4 Å². The summed E-state index contributed by atoms with van der Waals surface area (Å²) in [6.45, 7) is 2.22. The molecule has 1 aromatic heterocycles. The molecule has 4 heteroatoms. The summed E-state index contributed by atoms with van der Waals surface area (Å²) in [6, 6.07) is 15.9. The summed E-state index contributed by atoms with van der Waals surface area (Å²) < 4.78 is 0. The van der Waals surface area contributed by atoms with Crippen molar-refractivity contribution in [3.63, 3.8) is 0 Å². The number of anilines is 1. The van der Waals surface area contributed by atoms with Crippen LogP contribution in [-0.2, 0) is 12.8 Å². The van der Waals surface area contributed by atoms with Crippen LogP contribution in [0.25, 0.3) is 10.8 Å². The number of amides is 1. The monoisotopic (exact) mass is 346 g/mol. The molecule has 0 unspecified atom stereocenters. The average Bonchev–Trinajstić information content (AvgIpc) is 2.97. The number of hydrogen-bond donors (Lipinski definition) is 1. The molecular weight excluding hydrogens is 328 g/mol. The number of carbonyl (C=O) groups excluding carboxylic acids is 1. The number of nitrogens with zero attached hydrogens (tertiary/aromatic N) is 1. The molecule has 3 nitrogen and oxygen atoms in total. The molecular formula is C21H18N2OS. The Labute approximate surface area is 150 Å². The van der Waals surface area contributed by atoms with Gasteiger partial charge in [-0.05, 0) is 47.6 Å². The van der Waals surface area contributed by atoms with E-state index in [2.05, 4.69) is 18.3 Å². The predicted octanol–water partition coefficient (Wildman–Crippen LogP) is 5.15. The fourth-order valence-electron chi connectivity index (χ4n) is 3.56. The lowest BCUT2D eigenvalue weighted by Crippen LogP contribution is -2.13. The summed E-state index contributed by atoms with van der Waals surface area (Å²) >= 11 is 1.56. The molecule has 3 aromatic rings. The summed E-state index contributed by atoms with van der Waals surface area (Å²) in [5.41, 5.74) is 2.43. The van der Waals surface area contributed by atoms with Gasteiger partial charge >= 0.3 is 0 Å². The highest BCUT2D eigenvalue weighted by Gasteiger charge is 2.25. The van der Waals surface area contributed by atoms with Gasteiger partial charge in [-0.15, -0.1) is 11.3 Å². The maximum absolute atomic E-state index is 12.9. The van der Waals surface area contributed by atoms with E-state index in [1.165, 1.54) is 4.88 Å². The molecule has 25 heavy (non-hydrogen) atoms. The van der Waals surface area contributed by atoms with Crippen molar-refractivity contribution < 1.29 is 4.79 Å². The van der Waals surface area contributed by atoms with E-state index in [0.717, 1.165) is 35.6 Å². The maximum atomic E-state index is 12.9. The van der Waals surface area contributed by atoms with Crippen molar-refractivity contribution in [1.29, 1.82) is 5.26 Å². The van der Waals surface area contributed by atoms with Crippen molar-refractivity contribution >= 4 is 33.0 Å². The first-order valence-corrected chi connectivity index (χ1v) is 9.32. The van der Waals surface area contributed by atoms with Gasteiger partial charge in [-0.3, -0.25) is 4.79 Å². The quantitative estimate of drug-likeness (QED) is 0.697. The number of nitriles is 1. The molecule has 2 aromatic carbocycles. The lowest BCUT2D eigenvalue weighted by Gasteiger charge is -2.17. The second-order valence-corrected chi connectivity index (χ2v) is 7.75. The van der Waals surface area contributed by atoms with Crippen molar-refractivity contribution in [2.24, 2.45) is 5.92 Å². The SMILES string of the molecule is C[C@H]1CCc2sc(NC(=O)c3cccc4ccccc34)c(C#N)c2C1. The molecule has 4 rings (SSSR count). The van der Waals surface area contributed by atoms with Crippen LogP contribution in [0.2, 0.25) is 0 Å². The third kappa shape index (κ3) is 2.81. The molecule has 1 atom stereocenters. The van der Waals surface area contributed by atoms with E-state index in [0.29, 0.717) is 22.0 Å². The Kier molecular flexibility index (Phi) is 4.03. The minimum absolute atomic E-state index is 0.153. The van der Waals surface area contributed by atoms with Crippen LogP contribution in [0.1, 0.15) is 39.7 Å². The molecule has 0 aliphatic heterocycles. The molecule has 0 spiro atoms. The van der Waals surface area contributed by atoms with Gasteiger partial charge in [-0.25, -0.2) is 0 Å². The fraction of sp³-hybridized carbons (Fsp3) is 0.238. The molecule has 1 N–H and O–H groups in total. The van der Waals surface area contributed by atoms with Gasteiger partial charge in [0.2, 0.25) is 0 Å². The summed E-state index contributed by atoms with van der Waals surface area (Å²) in [4.78, 5) is 14.1. The van der Waals surface area contributed by atoms with E-state index >= 15 is 0 Å². The zero-order valence-electron chi connectivity index (χ0n) is 14.0. The van der Waals surface area contributed by atoms with Crippen LogP contribution in [0.3, 0.4) is 0 Å². The van der Waals surface area contributed by atoms with Crippen LogP contribution in [0.5, 0.6) is 0 Å². The Morgan fingerprint density at radius 1 is 1.24 bits per heavy atom. The first kappa shape index (κ1) is 15.9. The predicted molar refractivity (Wildman–Crippen MR) is 102 cm³/mol. The number of aryl methyl sites for hydroxylation is 1. The standard InChI is InChI=1S/C21H18N2OS/c1-13-9-10-19-17(11-13)18(12-22)21(25-19)23-20(24)16-8-4-6-14-5-2-3-7-15(14)16/h2-8,13H,9-11H2,1H3,(H,23,24)/t13-/m0/s1. The number of thiophene rings is 1. The van der Waals surface area contributed by atoms with E-state index in [9.17, 15) is 10.1 Å². The topological polar surface area (TPSA) is 52.9 Å². The molecule has 0 saturated carbocycles. The number of benzene rings is 2. The van der Waals surface area contributed by atoms with Crippen LogP contribution in [0, 0.1) is 17.2 Å². The second-order valence-electron chi connectivity index (χ2n) is 6.65. The Hall–Kier alpha value is -2.64. The molecule has 1 heterocycles. The van der Waals surface area contributed by atoms with E-state index in [4.69, 9.17) is 0 Å². The first-order valence-electron chi connectivity index (χ1n) is 8.51. The Balaban J connectivity index is 1.71. The van der Waals surface area contributed by atoms with Crippen molar-refractivity contribution in [3.05, 3.63) is 64.0 Å². The zero-order chi connectivity index (χ0) is 17.4. The minimum Gasteiger partial charge on any atom is -0.312 e. The minimum atomic E-state index is -0.153. The van der Waals surface area contributed by atoms with Crippen LogP contribution < -0.4 is 5.32 Å². The zero-order valence-corrected chi connectivity index (χ0v) is 14.8. The average molecular weight is 346 g/mol. The third-order valence-electron chi connectivity index (χ3n) is 4.88. The molecule has 1 aliphatic carbocycles. The largest absolute Gasteiger partial charge is 0.312 e. The van der Waals surface area contributed by atoms with E-state index < -0.39 is 0 Å². The number of hydrogen-bond acceptors (Lipinski definition) is 3. The van der Waals surface area contributed by atoms with Gasteiger partial charge < -0.3 is 5.32 Å². The summed E-state index contributed by atoms with van der Waals surface area (Å²) in [6.07, 6.45) is 3.08. The van der Waals surface area contributed by atoms with Gasteiger partial charge in [-0.2, -0.15) is 5.26 Å². The van der Waals surface area contributed by atoms with Gasteiger partial charge in [0.25, 0.3) is 5.91 Å². The highest BCUT2D eigenvalue weighted by atomic mass is 32.1. The molecule has 1 aliphatic rings. The van der Waals surface area contributed by atoms with Crippen LogP contribution in [-0.4, -0.2) is 5.91 Å². The number of carbonyl (C=O) groups is 1. The maximum Gasteiger partial charge on any atom is 0.256 e. The third-order valence-corrected chi connectivity index (χ3v) is 6.09. The molecule has 0 fully saturated rings. The van der Waals surface area contributed by atoms with Crippen LogP contribution in [0.15, 0.2) is 42.5 Å². The van der Waals surface area contributed by atoms with Crippen molar-refractivity contribution in [2.45, 2.75) is 26.2 Å². The van der Waals surface area contributed by atoms with E-state index in [1.807, 2.05) is 42.5 Å². The lowest BCUT2D eigenvalue weighted by molar-refractivity contribution is 0.102. The van der Waals surface area contributed by atoms with Crippen molar-refractivity contribution in [2.75, 3.05) is 5.32 Å². The van der Waals surface area contributed by atoms with Crippen molar-refractivity contribution in [1.82, 2.24) is 0 Å². The molecule has 0 saturated heterocycles. The first-order chi connectivity index (χ1) is 12.2. The van der Waals surface area contributed by atoms with Gasteiger partial charge in [0.1, 0.15) is 11.1 Å². The Morgan fingerprint density at radius 3 is 2.88 bits per heavy atom. The Morgan fingerprint density at radius 2 is 2.04 bits per heavy atom. The molecule has 124 valence electrons. The molecule has 0 radical (unpaired) electrons. The molecule has 0 bridgehead atoms. The number of nitrogens with one attached hydrogen (secondary N) is 1. The smallest absolute Gasteiger partial charge is 0.256 e. The number of rotatable bonds is 2. The fourth-order valence-corrected chi connectivity index (χ4v) is 4.75. The van der Waals surface area contributed by atoms with Gasteiger partial charge in [-0.1, -0.05) is 43.3 Å². The van der Waals surface area contributed by atoms with Gasteiger partial charge in [0.15, 0.2) is 0 Å². The highest BCUT2D eigenvalue weighted by Crippen LogP contribution is 2.39. The summed E-state index contributed by atoms with van der Waals surface area (Å²) in [7, 11) is 0. The normalized spacial score (nSPS) is 16.2. The van der Waals surface area contributed by atoms with E-state index in [-0.39, 0.29) is 5.91 Å². The highest BCUT2D eigenvalue weighted by molar-refractivity contribution is 7.16. The Bertz CT molecular complexity index is 1010. The molecule has 1 amide bonds. The van der Waals surface area contributed by atoms with E-state index in [1.54, 1.807) is 11.3 Å². The van der Waals surface area contributed by atoms with Crippen LogP contribution in [0.4, 0.5) is 5.00 Å². The van der Waals surface area contributed by atoms with Gasteiger partial charge in [0.05, 0.1) is 5.56 Å². The summed E-state index contributed by atoms with van der Waals surface area (Å²) in [5.74, 6) is 0.441. The van der Waals surface area contributed by atoms with Crippen LogP contribution >= 0.6 is 11.3 Å². The number of fused-ring (bicyclic) bond motifs is 2.